The molecule has 0 atom stereocenters. The van der Waals surface area contributed by atoms with E-state index in [1.807, 2.05) is 0 Å². The third kappa shape index (κ3) is 2.60. The molecule has 0 radical (unpaired) electrons. The SMILES string of the molecule is C/C=C/C(=O)N1CC(S(=O)(=O)C2CCCCC2)C1. The van der Waals surface area contributed by atoms with Gasteiger partial charge in [0, 0.05) is 13.1 Å². The average Bonchev–Trinajstić information content (AvgIpc) is 2.28. The second-order valence-electron chi connectivity index (χ2n) is 5.21. The van der Waals surface area contributed by atoms with Crippen molar-refractivity contribution in [2.24, 2.45) is 0 Å². The summed E-state index contributed by atoms with van der Waals surface area (Å²) in [5.41, 5.74) is 0. The van der Waals surface area contributed by atoms with E-state index in [4.69, 9.17) is 0 Å². The van der Waals surface area contributed by atoms with Crippen LogP contribution in [-0.2, 0) is 14.6 Å². The summed E-state index contributed by atoms with van der Waals surface area (Å²) in [7, 11) is -3.02. The summed E-state index contributed by atoms with van der Waals surface area (Å²) in [6.07, 6.45) is 8.00. The first-order chi connectivity index (χ1) is 8.55. The van der Waals surface area contributed by atoms with Crippen LogP contribution in [0.3, 0.4) is 0 Å². The lowest BCUT2D eigenvalue weighted by molar-refractivity contribution is -0.129. The van der Waals surface area contributed by atoms with Crippen LogP contribution in [0.5, 0.6) is 0 Å². The van der Waals surface area contributed by atoms with Gasteiger partial charge in [-0.25, -0.2) is 8.42 Å². The van der Waals surface area contributed by atoms with Gasteiger partial charge in [0.25, 0.3) is 0 Å². The lowest BCUT2D eigenvalue weighted by Gasteiger charge is -2.40. The van der Waals surface area contributed by atoms with E-state index in [-0.39, 0.29) is 16.4 Å². The quantitative estimate of drug-likeness (QED) is 0.731. The molecule has 5 heteroatoms. The predicted molar refractivity (Wildman–Crippen MR) is 71.0 cm³/mol. The minimum absolute atomic E-state index is 0.0763. The fourth-order valence-electron chi connectivity index (χ4n) is 2.74. The van der Waals surface area contributed by atoms with Crippen molar-refractivity contribution in [3.63, 3.8) is 0 Å². The molecule has 102 valence electrons. The Morgan fingerprint density at radius 1 is 1.11 bits per heavy atom. The number of rotatable bonds is 3. The summed E-state index contributed by atoms with van der Waals surface area (Å²) < 4.78 is 24.7. The van der Waals surface area contributed by atoms with Crippen LogP contribution in [0, 0.1) is 0 Å². The molecule has 4 nitrogen and oxygen atoms in total. The Bertz CT molecular complexity index is 429. The first kappa shape index (κ1) is 13.6. The Morgan fingerprint density at radius 3 is 2.28 bits per heavy atom. The van der Waals surface area contributed by atoms with Crippen molar-refractivity contribution in [1.82, 2.24) is 4.90 Å². The summed E-state index contributed by atoms with van der Waals surface area (Å²) in [5.74, 6) is -0.0763. The maximum atomic E-state index is 12.3. The van der Waals surface area contributed by atoms with Crippen LogP contribution in [0.25, 0.3) is 0 Å². The van der Waals surface area contributed by atoms with Gasteiger partial charge in [-0.15, -0.1) is 0 Å². The van der Waals surface area contributed by atoms with Gasteiger partial charge in [-0.1, -0.05) is 25.3 Å². The van der Waals surface area contributed by atoms with Gasteiger partial charge in [0.05, 0.1) is 10.5 Å². The van der Waals surface area contributed by atoms with Crippen LogP contribution in [0.4, 0.5) is 0 Å². The van der Waals surface area contributed by atoms with Gasteiger partial charge in [-0.2, -0.15) is 0 Å². The lowest BCUT2D eigenvalue weighted by Crippen LogP contribution is -2.58. The Balaban J connectivity index is 1.92. The van der Waals surface area contributed by atoms with E-state index in [1.165, 1.54) is 6.08 Å². The van der Waals surface area contributed by atoms with E-state index in [1.54, 1.807) is 17.9 Å². The molecule has 1 heterocycles. The smallest absolute Gasteiger partial charge is 0.246 e. The zero-order chi connectivity index (χ0) is 13.2. The molecular formula is C13H21NO3S. The van der Waals surface area contributed by atoms with E-state index in [2.05, 4.69) is 0 Å². The van der Waals surface area contributed by atoms with E-state index in [0.717, 1.165) is 32.1 Å². The highest BCUT2D eigenvalue weighted by Crippen LogP contribution is 2.29. The van der Waals surface area contributed by atoms with Crippen LogP contribution in [0.15, 0.2) is 12.2 Å². The monoisotopic (exact) mass is 271 g/mol. The Hall–Kier alpha value is -0.840. The highest BCUT2D eigenvalue weighted by molar-refractivity contribution is 7.92. The molecule has 18 heavy (non-hydrogen) atoms. The molecule has 0 spiro atoms. The van der Waals surface area contributed by atoms with Crippen LogP contribution in [0.1, 0.15) is 39.0 Å². The van der Waals surface area contributed by atoms with E-state index in [9.17, 15) is 13.2 Å². The summed E-state index contributed by atoms with van der Waals surface area (Å²) in [4.78, 5) is 13.1. The molecule has 1 saturated heterocycles. The summed E-state index contributed by atoms with van der Waals surface area (Å²) in [6, 6.07) is 0. The highest BCUT2D eigenvalue weighted by Gasteiger charge is 2.43. The van der Waals surface area contributed by atoms with Crippen LogP contribution in [-0.4, -0.2) is 42.8 Å². The van der Waals surface area contributed by atoms with Crippen LogP contribution in [0.2, 0.25) is 0 Å². The van der Waals surface area contributed by atoms with E-state index < -0.39 is 9.84 Å². The van der Waals surface area contributed by atoms with Crippen LogP contribution < -0.4 is 0 Å². The molecule has 0 bridgehead atoms. The molecule has 0 aromatic carbocycles. The molecular weight excluding hydrogens is 250 g/mol. The number of hydrogen-bond donors (Lipinski definition) is 0. The number of carbonyl (C=O) groups is 1. The standard InChI is InChI=1S/C13H21NO3S/c1-2-6-13(15)14-9-12(10-14)18(16,17)11-7-4-3-5-8-11/h2,6,11-12H,3-5,7-10H2,1H3/b6-2+. The normalized spacial score (nSPS) is 23.3. The number of hydrogen-bond acceptors (Lipinski definition) is 3. The molecule has 2 fully saturated rings. The highest BCUT2D eigenvalue weighted by atomic mass is 32.2. The van der Waals surface area contributed by atoms with Gasteiger partial charge in [-0.3, -0.25) is 4.79 Å². The van der Waals surface area contributed by atoms with Crippen LogP contribution >= 0.6 is 0 Å². The number of allylic oxidation sites excluding steroid dienone is 1. The molecule has 1 aliphatic heterocycles. The summed E-state index contributed by atoms with van der Waals surface area (Å²) in [5, 5.41) is -0.481. The fraction of sp³-hybridized carbons (Fsp3) is 0.769. The number of amides is 1. The van der Waals surface area contributed by atoms with Gasteiger partial charge >= 0.3 is 0 Å². The lowest BCUT2D eigenvalue weighted by atomic mass is 10.0. The largest absolute Gasteiger partial charge is 0.336 e. The minimum Gasteiger partial charge on any atom is -0.336 e. The van der Waals surface area contributed by atoms with E-state index >= 15 is 0 Å². The van der Waals surface area contributed by atoms with Gasteiger partial charge in [-0.05, 0) is 25.8 Å². The number of likely N-dealkylation sites (tertiary alicyclic amines) is 1. The second kappa shape index (κ2) is 5.43. The molecule has 2 rings (SSSR count). The maximum absolute atomic E-state index is 12.3. The predicted octanol–water partition coefficient (Wildman–Crippen LogP) is 1.52. The van der Waals surface area contributed by atoms with Crippen molar-refractivity contribution in [3.8, 4) is 0 Å². The molecule has 2 aliphatic rings. The van der Waals surface area contributed by atoms with Crippen molar-refractivity contribution >= 4 is 15.7 Å². The van der Waals surface area contributed by atoms with Crippen molar-refractivity contribution in [3.05, 3.63) is 12.2 Å². The fourth-order valence-corrected chi connectivity index (χ4v) is 5.05. The second-order valence-corrected chi connectivity index (χ2v) is 7.73. The summed E-state index contributed by atoms with van der Waals surface area (Å²) in [6.45, 7) is 2.54. The number of nitrogens with zero attached hydrogens (tertiary/aromatic N) is 1. The topological polar surface area (TPSA) is 54.5 Å². The van der Waals surface area contributed by atoms with Crippen molar-refractivity contribution in [2.45, 2.75) is 49.5 Å². The molecule has 1 aliphatic carbocycles. The Labute approximate surface area is 109 Å². The molecule has 1 amide bonds. The van der Waals surface area contributed by atoms with Crippen molar-refractivity contribution in [1.29, 1.82) is 0 Å². The van der Waals surface area contributed by atoms with Crippen molar-refractivity contribution < 1.29 is 13.2 Å². The Kier molecular flexibility index (Phi) is 4.10. The van der Waals surface area contributed by atoms with Gasteiger partial charge < -0.3 is 4.90 Å². The maximum Gasteiger partial charge on any atom is 0.246 e. The molecule has 0 unspecified atom stereocenters. The van der Waals surface area contributed by atoms with Gasteiger partial charge in [0.1, 0.15) is 0 Å². The molecule has 1 saturated carbocycles. The molecule has 0 aromatic rings. The number of carbonyl (C=O) groups excluding carboxylic acids is 1. The Morgan fingerprint density at radius 2 is 1.72 bits per heavy atom. The van der Waals surface area contributed by atoms with E-state index in [0.29, 0.717) is 13.1 Å². The third-order valence-electron chi connectivity index (χ3n) is 3.95. The molecule has 0 aromatic heterocycles. The van der Waals surface area contributed by atoms with Crippen molar-refractivity contribution in [2.75, 3.05) is 13.1 Å². The summed E-state index contributed by atoms with van der Waals surface area (Å²) >= 11 is 0. The zero-order valence-corrected chi connectivity index (χ0v) is 11.7. The van der Waals surface area contributed by atoms with Gasteiger partial charge in [0.2, 0.25) is 5.91 Å². The first-order valence-electron chi connectivity index (χ1n) is 6.70. The molecule has 0 N–H and O–H groups in total. The minimum atomic E-state index is -3.02. The third-order valence-corrected chi connectivity index (χ3v) is 6.58. The first-order valence-corrected chi connectivity index (χ1v) is 8.31. The van der Waals surface area contributed by atoms with Gasteiger partial charge in [0.15, 0.2) is 9.84 Å². The number of sulfone groups is 1. The average molecular weight is 271 g/mol. The zero-order valence-electron chi connectivity index (χ0n) is 10.8.